The quantitative estimate of drug-likeness (QED) is 0.604. The number of nitriles is 1. The summed E-state index contributed by atoms with van der Waals surface area (Å²) in [5.74, 6) is 0.316. The van der Waals surface area contributed by atoms with Gasteiger partial charge in [0.05, 0.1) is 6.07 Å². The Bertz CT molecular complexity index is 208. The highest BCUT2D eigenvalue weighted by Gasteiger charge is 2.36. The Labute approximate surface area is 67.2 Å². The van der Waals surface area contributed by atoms with Crippen LogP contribution in [0, 0.1) is 22.7 Å². The van der Waals surface area contributed by atoms with E-state index in [-0.39, 0.29) is 11.7 Å². The van der Waals surface area contributed by atoms with Crippen LogP contribution in [0.15, 0.2) is 0 Å². The summed E-state index contributed by atoms with van der Waals surface area (Å²) in [4.78, 5) is 11.5. The van der Waals surface area contributed by atoms with Crippen molar-refractivity contribution >= 4 is 5.78 Å². The van der Waals surface area contributed by atoms with Crippen molar-refractivity contribution in [2.45, 2.75) is 33.1 Å². The summed E-state index contributed by atoms with van der Waals surface area (Å²) in [6.45, 7) is 3.40. The molecule has 1 saturated carbocycles. The number of carbonyl (C=O) groups excluding carboxylic acids is 1. The highest BCUT2D eigenvalue weighted by molar-refractivity contribution is 5.89. The van der Waals surface area contributed by atoms with E-state index in [1.54, 1.807) is 13.8 Å². The van der Waals surface area contributed by atoms with Crippen LogP contribution in [0.5, 0.6) is 0 Å². The highest BCUT2D eigenvalue weighted by Crippen LogP contribution is 2.33. The molecule has 2 heteroatoms. The lowest BCUT2D eigenvalue weighted by atomic mass is 9.73. The summed E-state index contributed by atoms with van der Waals surface area (Å²) in [6, 6.07) is 2.04. The minimum Gasteiger partial charge on any atom is -0.298 e. The van der Waals surface area contributed by atoms with Crippen LogP contribution in [0.2, 0.25) is 0 Å². The van der Waals surface area contributed by atoms with E-state index in [2.05, 4.69) is 0 Å². The van der Waals surface area contributed by atoms with E-state index in [1.807, 2.05) is 6.07 Å². The van der Waals surface area contributed by atoms with Gasteiger partial charge in [0.25, 0.3) is 0 Å². The summed E-state index contributed by atoms with van der Waals surface area (Å²) in [6.07, 6.45) is 3.13. The Hall–Kier alpha value is -0.840. The first-order valence-electron chi connectivity index (χ1n) is 4.03. The molecular weight excluding hydrogens is 138 g/mol. The SMILES string of the molecule is CC(C)(C#N)C(=O)C1CCC1. The molecule has 0 aromatic carbocycles. The lowest BCUT2D eigenvalue weighted by Crippen LogP contribution is -2.33. The summed E-state index contributed by atoms with van der Waals surface area (Å²) in [5.41, 5.74) is -0.759. The molecule has 2 nitrogen and oxygen atoms in total. The summed E-state index contributed by atoms with van der Waals surface area (Å²) in [7, 11) is 0. The van der Waals surface area contributed by atoms with Gasteiger partial charge in [-0.1, -0.05) is 6.42 Å². The third kappa shape index (κ3) is 1.42. The fourth-order valence-corrected chi connectivity index (χ4v) is 1.24. The average molecular weight is 151 g/mol. The largest absolute Gasteiger partial charge is 0.298 e. The Morgan fingerprint density at radius 2 is 2.09 bits per heavy atom. The van der Waals surface area contributed by atoms with Crippen LogP contribution < -0.4 is 0 Å². The van der Waals surface area contributed by atoms with Gasteiger partial charge in [-0.2, -0.15) is 5.26 Å². The maximum atomic E-state index is 11.5. The Balaban J connectivity index is 2.60. The Kier molecular flexibility index (Phi) is 1.99. The van der Waals surface area contributed by atoms with Crippen molar-refractivity contribution in [1.82, 2.24) is 0 Å². The molecule has 0 unspecified atom stereocenters. The van der Waals surface area contributed by atoms with Crippen LogP contribution >= 0.6 is 0 Å². The van der Waals surface area contributed by atoms with E-state index in [4.69, 9.17) is 5.26 Å². The van der Waals surface area contributed by atoms with Crippen molar-refractivity contribution in [1.29, 1.82) is 5.26 Å². The van der Waals surface area contributed by atoms with Crippen LogP contribution in [0.4, 0.5) is 0 Å². The molecule has 0 atom stereocenters. The molecule has 0 saturated heterocycles. The van der Waals surface area contributed by atoms with Gasteiger partial charge in [-0.3, -0.25) is 4.79 Å². The van der Waals surface area contributed by atoms with Gasteiger partial charge in [0, 0.05) is 5.92 Å². The van der Waals surface area contributed by atoms with E-state index >= 15 is 0 Å². The topological polar surface area (TPSA) is 40.9 Å². The molecule has 0 N–H and O–H groups in total. The van der Waals surface area contributed by atoms with E-state index in [9.17, 15) is 4.79 Å². The van der Waals surface area contributed by atoms with Crippen molar-refractivity contribution in [3.05, 3.63) is 0 Å². The molecule has 0 aliphatic heterocycles. The lowest BCUT2D eigenvalue weighted by Gasteiger charge is -2.28. The van der Waals surface area contributed by atoms with Crippen molar-refractivity contribution in [3.63, 3.8) is 0 Å². The molecule has 0 heterocycles. The van der Waals surface area contributed by atoms with Crippen molar-refractivity contribution < 1.29 is 4.79 Å². The third-order valence-corrected chi connectivity index (χ3v) is 2.37. The zero-order valence-electron chi connectivity index (χ0n) is 7.05. The molecule has 0 aromatic heterocycles. The first-order valence-corrected chi connectivity index (χ1v) is 4.03. The second kappa shape index (κ2) is 2.65. The smallest absolute Gasteiger partial charge is 0.155 e. The zero-order valence-corrected chi connectivity index (χ0v) is 7.05. The number of carbonyl (C=O) groups is 1. The fraction of sp³-hybridized carbons (Fsp3) is 0.778. The van der Waals surface area contributed by atoms with Crippen LogP contribution in [0.25, 0.3) is 0 Å². The van der Waals surface area contributed by atoms with Gasteiger partial charge in [-0.25, -0.2) is 0 Å². The predicted molar refractivity (Wildman–Crippen MR) is 41.7 cm³/mol. The molecule has 0 amide bonds. The highest BCUT2D eigenvalue weighted by atomic mass is 16.1. The minimum absolute atomic E-state index is 0.131. The molecule has 11 heavy (non-hydrogen) atoms. The fourth-order valence-electron chi connectivity index (χ4n) is 1.24. The van der Waals surface area contributed by atoms with Gasteiger partial charge >= 0.3 is 0 Å². The van der Waals surface area contributed by atoms with E-state index < -0.39 is 5.41 Å². The number of ketones is 1. The van der Waals surface area contributed by atoms with Gasteiger partial charge in [0.2, 0.25) is 0 Å². The molecule has 1 rings (SSSR count). The molecule has 0 aromatic rings. The summed E-state index contributed by atoms with van der Waals surface area (Å²) in [5, 5.41) is 8.66. The van der Waals surface area contributed by atoms with E-state index in [0.29, 0.717) is 0 Å². The van der Waals surface area contributed by atoms with Crippen LogP contribution in [-0.4, -0.2) is 5.78 Å². The molecule has 60 valence electrons. The Morgan fingerprint density at radius 3 is 2.36 bits per heavy atom. The number of hydrogen-bond donors (Lipinski definition) is 0. The van der Waals surface area contributed by atoms with Crippen molar-refractivity contribution in [3.8, 4) is 6.07 Å². The van der Waals surface area contributed by atoms with Crippen LogP contribution in [0.1, 0.15) is 33.1 Å². The average Bonchev–Trinajstić information content (AvgIpc) is 1.84. The zero-order chi connectivity index (χ0) is 8.48. The molecule has 1 fully saturated rings. The van der Waals surface area contributed by atoms with Gasteiger partial charge in [0.15, 0.2) is 5.78 Å². The minimum atomic E-state index is -0.759. The van der Waals surface area contributed by atoms with E-state index in [0.717, 1.165) is 19.3 Å². The first kappa shape index (κ1) is 8.26. The summed E-state index contributed by atoms with van der Waals surface area (Å²) < 4.78 is 0. The predicted octanol–water partition coefficient (Wildman–Crippen LogP) is 1.91. The molecular formula is C9H13NO. The number of nitrogens with zero attached hydrogens (tertiary/aromatic N) is 1. The molecule has 0 bridgehead atoms. The molecule has 0 spiro atoms. The van der Waals surface area contributed by atoms with Crippen molar-refractivity contribution in [2.75, 3.05) is 0 Å². The lowest BCUT2D eigenvalue weighted by molar-refractivity contribution is -0.131. The van der Waals surface area contributed by atoms with Crippen LogP contribution in [0.3, 0.4) is 0 Å². The second-order valence-electron chi connectivity index (χ2n) is 3.73. The second-order valence-corrected chi connectivity index (χ2v) is 3.73. The van der Waals surface area contributed by atoms with E-state index in [1.165, 1.54) is 0 Å². The summed E-state index contributed by atoms with van der Waals surface area (Å²) >= 11 is 0. The first-order chi connectivity index (χ1) is 5.08. The maximum absolute atomic E-state index is 11.5. The third-order valence-electron chi connectivity index (χ3n) is 2.37. The number of Topliss-reactive ketones (excluding diaryl/α,β-unsaturated/α-hetero) is 1. The van der Waals surface area contributed by atoms with Gasteiger partial charge in [-0.05, 0) is 26.7 Å². The molecule has 1 aliphatic rings. The van der Waals surface area contributed by atoms with Crippen LogP contribution in [-0.2, 0) is 4.79 Å². The Morgan fingerprint density at radius 1 is 1.55 bits per heavy atom. The van der Waals surface area contributed by atoms with Gasteiger partial charge < -0.3 is 0 Å². The molecule has 1 aliphatic carbocycles. The van der Waals surface area contributed by atoms with Gasteiger partial charge in [0.1, 0.15) is 5.41 Å². The normalized spacial score (nSPS) is 18.6. The molecule has 0 radical (unpaired) electrons. The monoisotopic (exact) mass is 151 g/mol. The van der Waals surface area contributed by atoms with Crippen molar-refractivity contribution in [2.24, 2.45) is 11.3 Å². The maximum Gasteiger partial charge on any atom is 0.155 e. The number of hydrogen-bond acceptors (Lipinski definition) is 2. The standard InChI is InChI=1S/C9H13NO/c1-9(2,6-10)8(11)7-4-3-5-7/h7H,3-5H2,1-2H3. The van der Waals surface area contributed by atoms with Gasteiger partial charge in [-0.15, -0.1) is 0 Å². The number of rotatable bonds is 2.